The van der Waals surface area contributed by atoms with Crippen LogP contribution in [0.25, 0.3) is 0 Å². The molecular formula is C24H23F4NO3. The van der Waals surface area contributed by atoms with Crippen LogP contribution in [0.2, 0.25) is 0 Å². The van der Waals surface area contributed by atoms with Gasteiger partial charge < -0.3 is 10.4 Å². The third-order valence-corrected chi connectivity index (χ3v) is 6.49. The van der Waals surface area contributed by atoms with Gasteiger partial charge in [0, 0.05) is 0 Å². The highest BCUT2D eigenvalue weighted by molar-refractivity contribution is 5.95. The molecule has 2 aliphatic carbocycles. The van der Waals surface area contributed by atoms with E-state index in [1.807, 2.05) is 24.3 Å². The van der Waals surface area contributed by atoms with Crippen molar-refractivity contribution in [3.05, 3.63) is 65.0 Å². The molecule has 2 aliphatic rings. The van der Waals surface area contributed by atoms with E-state index in [2.05, 4.69) is 5.32 Å². The molecule has 170 valence electrons. The lowest BCUT2D eigenvalue weighted by Gasteiger charge is -2.35. The minimum atomic E-state index is -4.70. The maximum atomic E-state index is 14.2. The molecule has 0 aliphatic heterocycles. The highest BCUT2D eigenvalue weighted by Gasteiger charge is 2.43. The summed E-state index contributed by atoms with van der Waals surface area (Å²) in [7, 11) is 0. The molecule has 1 amide bonds. The Labute approximate surface area is 182 Å². The first kappa shape index (κ1) is 22.3. The van der Waals surface area contributed by atoms with Gasteiger partial charge in [0.15, 0.2) is 0 Å². The van der Waals surface area contributed by atoms with Crippen LogP contribution in [0.5, 0.6) is 0 Å². The third kappa shape index (κ3) is 4.64. The van der Waals surface area contributed by atoms with E-state index in [4.69, 9.17) is 0 Å². The number of carbonyl (C=O) groups excluding carboxylic acids is 1. The third-order valence-electron chi connectivity index (χ3n) is 6.49. The van der Waals surface area contributed by atoms with Gasteiger partial charge in [-0.25, -0.2) is 4.39 Å². The molecule has 0 spiro atoms. The standard InChI is InChI=1S/C24H23F4NO3/c25-19-12-16(24(26,27)28)10-11-20(19)29-22(30)18-3-1-2-17(21(18)23(31)32)15-8-6-14(7-9-15)13-4-5-13/h6-13,17-18,21H,1-5H2,(H,29,30)(H,31,32)/t17-,18-,21-/m1/s1. The number of alkyl halides is 3. The molecule has 2 aromatic carbocycles. The number of rotatable bonds is 5. The Bertz CT molecular complexity index is 1010. The first-order valence-corrected chi connectivity index (χ1v) is 10.7. The van der Waals surface area contributed by atoms with E-state index in [1.165, 1.54) is 5.56 Å². The van der Waals surface area contributed by atoms with E-state index >= 15 is 0 Å². The van der Waals surface area contributed by atoms with Crippen molar-refractivity contribution in [2.24, 2.45) is 11.8 Å². The number of nitrogens with one attached hydrogen (secondary N) is 1. The van der Waals surface area contributed by atoms with E-state index in [1.54, 1.807) is 0 Å². The molecule has 0 aromatic heterocycles. The Kier molecular flexibility index (Phi) is 5.97. The summed E-state index contributed by atoms with van der Waals surface area (Å²) < 4.78 is 52.4. The molecule has 0 bridgehead atoms. The van der Waals surface area contributed by atoms with Gasteiger partial charge in [-0.2, -0.15) is 13.2 Å². The van der Waals surface area contributed by atoms with Gasteiger partial charge in [0.25, 0.3) is 0 Å². The van der Waals surface area contributed by atoms with Crippen molar-refractivity contribution in [1.82, 2.24) is 0 Å². The molecule has 2 saturated carbocycles. The van der Waals surface area contributed by atoms with Gasteiger partial charge in [0.05, 0.1) is 23.1 Å². The summed E-state index contributed by atoms with van der Waals surface area (Å²) in [5.74, 6) is -4.76. The lowest BCUT2D eigenvalue weighted by molar-refractivity contribution is -0.148. The molecule has 4 nitrogen and oxygen atoms in total. The predicted octanol–water partition coefficient (Wildman–Crippen LogP) is 5.95. The monoisotopic (exact) mass is 449 g/mol. The van der Waals surface area contributed by atoms with E-state index in [-0.39, 0.29) is 5.92 Å². The molecule has 32 heavy (non-hydrogen) atoms. The maximum absolute atomic E-state index is 14.2. The van der Waals surface area contributed by atoms with Crippen LogP contribution in [0.4, 0.5) is 23.2 Å². The summed E-state index contributed by atoms with van der Waals surface area (Å²) in [5.41, 5.74) is 0.510. The summed E-state index contributed by atoms with van der Waals surface area (Å²) in [6, 6.07) is 9.70. The number of carboxylic acids is 1. The van der Waals surface area contributed by atoms with Crippen LogP contribution >= 0.6 is 0 Å². The first-order chi connectivity index (χ1) is 15.1. The minimum Gasteiger partial charge on any atom is -0.481 e. The number of anilines is 1. The number of hydrogen-bond acceptors (Lipinski definition) is 2. The van der Waals surface area contributed by atoms with Gasteiger partial charge in [-0.1, -0.05) is 30.7 Å². The van der Waals surface area contributed by atoms with E-state index in [9.17, 15) is 32.3 Å². The number of amides is 1. The van der Waals surface area contributed by atoms with Gasteiger partial charge >= 0.3 is 12.1 Å². The summed E-state index contributed by atoms with van der Waals surface area (Å²) >= 11 is 0. The fraction of sp³-hybridized carbons (Fsp3) is 0.417. The van der Waals surface area contributed by atoms with Crippen molar-refractivity contribution >= 4 is 17.6 Å². The number of benzene rings is 2. The lowest BCUT2D eigenvalue weighted by atomic mass is 9.69. The highest BCUT2D eigenvalue weighted by Crippen LogP contribution is 2.44. The van der Waals surface area contributed by atoms with Gasteiger partial charge in [-0.05, 0) is 66.8 Å². The second kappa shape index (κ2) is 8.56. The predicted molar refractivity (Wildman–Crippen MR) is 110 cm³/mol. The highest BCUT2D eigenvalue weighted by atomic mass is 19.4. The molecule has 0 unspecified atom stereocenters. The Morgan fingerprint density at radius 3 is 2.16 bits per heavy atom. The van der Waals surface area contributed by atoms with Crippen molar-refractivity contribution < 1.29 is 32.3 Å². The average Bonchev–Trinajstić information content (AvgIpc) is 3.59. The lowest BCUT2D eigenvalue weighted by Crippen LogP contribution is -2.40. The molecule has 8 heteroatoms. The molecule has 3 atom stereocenters. The number of halogens is 4. The van der Waals surface area contributed by atoms with Crippen LogP contribution < -0.4 is 5.32 Å². The maximum Gasteiger partial charge on any atom is 0.416 e. The van der Waals surface area contributed by atoms with Gasteiger partial charge in [-0.15, -0.1) is 0 Å². The summed E-state index contributed by atoms with van der Waals surface area (Å²) in [6.07, 6.45) is -0.859. The van der Waals surface area contributed by atoms with Crippen molar-refractivity contribution in [3.63, 3.8) is 0 Å². The summed E-state index contributed by atoms with van der Waals surface area (Å²) in [4.78, 5) is 25.0. The summed E-state index contributed by atoms with van der Waals surface area (Å²) in [5, 5.41) is 12.2. The van der Waals surface area contributed by atoms with Crippen LogP contribution in [-0.4, -0.2) is 17.0 Å². The fourth-order valence-corrected chi connectivity index (χ4v) is 4.66. The second-order valence-corrected chi connectivity index (χ2v) is 8.63. The van der Waals surface area contributed by atoms with Crippen LogP contribution in [-0.2, 0) is 15.8 Å². The molecule has 0 heterocycles. The molecule has 2 aromatic rings. The van der Waals surface area contributed by atoms with Crippen molar-refractivity contribution in [2.75, 3.05) is 5.32 Å². The quantitative estimate of drug-likeness (QED) is 0.555. The SMILES string of the molecule is O=C(O)[C@@H]1[C@@H](c2ccc(C3CC3)cc2)CCC[C@H]1C(=O)Nc1ccc(C(F)(F)F)cc1F. The summed E-state index contributed by atoms with van der Waals surface area (Å²) in [6.45, 7) is 0. The zero-order valence-corrected chi connectivity index (χ0v) is 17.2. The first-order valence-electron chi connectivity index (χ1n) is 10.7. The molecule has 0 radical (unpaired) electrons. The molecular weight excluding hydrogens is 426 g/mol. The zero-order valence-electron chi connectivity index (χ0n) is 17.2. The minimum absolute atomic E-state index is 0.307. The van der Waals surface area contributed by atoms with Crippen LogP contribution in [0.15, 0.2) is 42.5 Å². The topological polar surface area (TPSA) is 66.4 Å². The van der Waals surface area contributed by atoms with Gasteiger partial charge in [0.1, 0.15) is 5.82 Å². The van der Waals surface area contributed by atoms with Gasteiger partial charge in [-0.3, -0.25) is 9.59 Å². The largest absolute Gasteiger partial charge is 0.481 e. The zero-order chi connectivity index (χ0) is 23.0. The normalized spacial score (nSPS) is 23.6. The van der Waals surface area contributed by atoms with E-state index in [0.29, 0.717) is 37.3 Å². The molecule has 2 N–H and O–H groups in total. The van der Waals surface area contributed by atoms with Crippen LogP contribution in [0.3, 0.4) is 0 Å². The average molecular weight is 449 g/mol. The van der Waals surface area contributed by atoms with Crippen LogP contribution in [0.1, 0.15) is 60.6 Å². The Balaban J connectivity index is 1.53. The van der Waals surface area contributed by atoms with Gasteiger partial charge in [0.2, 0.25) is 5.91 Å². The number of hydrogen-bond donors (Lipinski definition) is 2. The number of carbonyl (C=O) groups is 2. The Morgan fingerprint density at radius 1 is 0.938 bits per heavy atom. The van der Waals surface area contributed by atoms with Crippen molar-refractivity contribution in [2.45, 2.75) is 50.1 Å². The Hall–Kier alpha value is -2.90. The second-order valence-electron chi connectivity index (χ2n) is 8.63. The molecule has 4 rings (SSSR count). The number of aliphatic carboxylic acids is 1. The Morgan fingerprint density at radius 2 is 1.59 bits per heavy atom. The van der Waals surface area contributed by atoms with E-state index < -0.39 is 47.0 Å². The number of carboxylic acid groups (broad SMARTS) is 1. The van der Waals surface area contributed by atoms with Crippen molar-refractivity contribution in [3.8, 4) is 0 Å². The van der Waals surface area contributed by atoms with Crippen LogP contribution in [0, 0.1) is 17.7 Å². The smallest absolute Gasteiger partial charge is 0.416 e. The fourth-order valence-electron chi connectivity index (χ4n) is 4.66. The van der Waals surface area contributed by atoms with E-state index in [0.717, 1.165) is 24.5 Å². The molecule has 2 fully saturated rings. The van der Waals surface area contributed by atoms with Crippen molar-refractivity contribution in [1.29, 1.82) is 0 Å². The molecule has 0 saturated heterocycles.